The van der Waals surface area contributed by atoms with E-state index in [1.54, 1.807) is 0 Å². The van der Waals surface area contributed by atoms with Gasteiger partial charge in [0.15, 0.2) is 0 Å². The standard InChI is InChI=1S/C10H19NO/c1-2-3-7-11-8-5-4-6-10(11)9-12/h9-10H,2-8H2,1H3. The summed E-state index contributed by atoms with van der Waals surface area (Å²) in [6, 6.07) is 0.227. The number of aldehydes is 1. The van der Waals surface area contributed by atoms with Crippen LogP contribution >= 0.6 is 0 Å². The maximum atomic E-state index is 10.7. The second-order valence-corrected chi connectivity index (χ2v) is 3.59. The SMILES string of the molecule is CCCCN1CCCCC1C=O. The van der Waals surface area contributed by atoms with Crippen LogP contribution in [0.15, 0.2) is 0 Å². The highest BCUT2D eigenvalue weighted by Gasteiger charge is 2.20. The van der Waals surface area contributed by atoms with Gasteiger partial charge in [-0.3, -0.25) is 4.90 Å². The van der Waals surface area contributed by atoms with E-state index < -0.39 is 0 Å². The van der Waals surface area contributed by atoms with Gasteiger partial charge in [0, 0.05) is 0 Å². The van der Waals surface area contributed by atoms with Gasteiger partial charge in [-0.15, -0.1) is 0 Å². The van der Waals surface area contributed by atoms with Gasteiger partial charge in [0.05, 0.1) is 6.04 Å². The Kier molecular flexibility index (Phi) is 4.30. The molecule has 0 bridgehead atoms. The maximum Gasteiger partial charge on any atom is 0.137 e. The minimum Gasteiger partial charge on any atom is -0.302 e. The summed E-state index contributed by atoms with van der Waals surface area (Å²) in [4.78, 5) is 13.0. The highest BCUT2D eigenvalue weighted by atomic mass is 16.1. The van der Waals surface area contributed by atoms with Crippen molar-refractivity contribution in [2.45, 2.75) is 45.1 Å². The third kappa shape index (κ3) is 2.59. The fourth-order valence-corrected chi connectivity index (χ4v) is 1.81. The molecule has 70 valence electrons. The number of piperidine rings is 1. The Morgan fingerprint density at radius 2 is 2.33 bits per heavy atom. The predicted octanol–water partition coefficient (Wildman–Crippen LogP) is 1.84. The van der Waals surface area contributed by atoms with Gasteiger partial charge in [-0.1, -0.05) is 19.8 Å². The van der Waals surface area contributed by atoms with E-state index in [0.29, 0.717) is 0 Å². The minimum absolute atomic E-state index is 0.227. The predicted molar refractivity (Wildman–Crippen MR) is 50.2 cm³/mol. The molecule has 0 N–H and O–H groups in total. The molecule has 0 aromatic carbocycles. The van der Waals surface area contributed by atoms with Crippen molar-refractivity contribution in [1.82, 2.24) is 4.90 Å². The summed E-state index contributed by atoms with van der Waals surface area (Å²) in [7, 11) is 0. The summed E-state index contributed by atoms with van der Waals surface area (Å²) in [6.07, 6.45) is 7.15. The highest BCUT2D eigenvalue weighted by molar-refractivity contribution is 5.57. The van der Waals surface area contributed by atoms with Gasteiger partial charge in [-0.2, -0.15) is 0 Å². The smallest absolute Gasteiger partial charge is 0.137 e. The van der Waals surface area contributed by atoms with Gasteiger partial charge in [-0.25, -0.2) is 0 Å². The Hall–Kier alpha value is -0.370. The Morgan fingerprint density at radius 3 is 3.00 bits per heavy atom. The lowest BCUT2D eigenvalue weighted by Crippen LogP contribution is -2.40. The van der Waals surface area contributed by atoms with Gasteiger partial charge in [0.2, 0.25) is 0 Å². The monoisotopic (exact) mass is 169 g/mol. The summed E-state index contributed by atoms with van der Waals surface area (Å²) in [5, 5.41) is 0. The molecule has 1 saturated heterocycles. The van der Waals surface area contributed by atoms with Gasteiger partial charge in [0.25, 0.3) is 0 Å². The van der Waals surface area contributed by atoms with E-state index in [9.17, 15) is 4.79 Å². The molecule has 0 aromatic heterocycles. The molecule has 0 aliphatic carbocycles. The fraction of sp³-hybridized carbons (Fsp3) is 0.900. The number of hydrogen-bond donors (Lipinski definition) is 0. The molecule has 0 spiro atoms. The fourth-order valence-electron chi connectivity index (χ4n) is 1.81. The molecule has 1 atom stereocenters. The summed E-state index contributed by atoms with van der Waals surface area (Å²) in [5.74, 6) is 0. The van der Waals surface area contributed by atoms with Crippen molar-refractivity contribution in [2.75, 3.05) is 13.1 Å². The first-order valence-electron chi connectivity index (χ1n) is 5.08. The molecule has 0 aromatic rings. The molecule has 0 radical (unpaired) electrons. The largest absolute Gasteiger partial charge is 0.302 e. The van der Waals surface area contributed by atoms with Gasteiger partial charge in [0.1, 0.15) is 6.29 Å². The van der Waals surface area contributed by atoms with Gasteiger partial charge < -0.3 is 4.79 Å². The second-order valence-electron chi connectivity index (χ2n) is 3.59. The number of carbonyl (C=O) groups is 1. The van der Waals surface area contributed by atoms with E-state index in [0.717, 1.165) is 25.8 Å². The van der Waals surface area contributed by atoms with Gasteiger partial charge in [-0.05, 0) is 32.4 Å². The summed E-state index contributed by atoms with van der Waals surface area (Å²) < 4.78 is 0. The third-order valence-corrected chi connectivity index (χ3v) is 2.62. The lowest BCUT2D eigenvalue weighted by molar-refractivity contribution is -0.113. The number of nitrogens with zero attached hydrogens (tertiary/aromatic N) is 1. The van der Waals surface area contributed by atoms with Crippen molar-refractivity contribution in [1.29, 1.82) is 0 Å². The summed E-state index contributed by atoms with van der Waals surface area (Å²) >= 11 is 0. The average Bonchev–Trinajstić information content (AvgIpc) is 2.15. The average molecular weight is 169 g/mol. The van der Waals surface area contributed by atoms with Crippen molar-refractivity contribution in [3.8, 4) is 0 Å². The molecule has 0 amide bonds. The van der Waals surface area contributed by atoms with Crippen molar-refractivity contribution < 1.29 is 4.79 Å². The molecule has 0 saturated carbocycles. The molecular weight excluding hydrogens is 150 g/mol. The molecule has 1 unspecified atom stereocenters. The first-order valence-corrected chi connectivity index (χ1v) is 5.08. The quantitative estimate of drug-likeness (QED) is 0.598. The van der Waals surface area contributed by atoms with Crippen molar-refractivity contribution in [2.24, 2.45) is 0 Å². The van der Waals surface area contributed by atoms with E-state index in [2.05, 4.69) is 11.8 Å². The van der Waals surface area contributed by atoms with Crippen LogP contribution in [-0.4, -0.2) is 30.3 Å². The van der Waals surface area contributed by atoms with Crippen molar-refractivity contribution in [3.63, 3.8) is 0 Å². The highest BCUT2D eigenvalue weighted by Crippen LogP contribution is 2.15. The first-order chi connectivity index (χ1) is 5.88. The summed E-state index contributed by atoms with van der Waals surface area (Å²) in [5.41, 5.74) is 0. The lowest BCUT2D eigenvalue weighted by Gasteiger charge is -2.31. The molecule has 2 nitrogen and oxygen atoms in total. The van der Waals surface area contributed by atoms with Crippen LogP contribution in [0.4, 0.5) is 0 Å². The zero-order valence-corrected chi connectivity index (χ0v) is 7.96. The van der Waals surface area contributed by atoms with E-state index in [-0.39, 0.29) is 6.04 Å². The van der Waals surface area contributed by atoms with Crippen LogP contribution in [0.2, 0.25) is 0 Å². The summed E-state index contributed by atoms with van der Waals surface area (Å²) in [6.45, 7) is 4.43. The van der Waals surface area contributed by atoms with E-state index >= 15 is 0 Å². The molecule has 1 aliphatic rings. The number of hydrogen-bond acceptors (Lipinski definition) is 2. The molecular formula is C10H19NO. The third-order valence-electron chi connectivity index (χ3n) is 2.62. The zero-order chi connectivity index (χ0) is 8.81. The Labute approximate surface area is 74.9 Å². The molecule has 1 fully saturated rings. The minimum atomic E-state index is 0.227. The van der Waals surface area contributed by atoms with Crippen LogP contribution in [0, 0.1) is 0 Å². The van der Waals surface area contributed by atoms with Crippen LogP contribution < -0.4 is 0 Å². The Morgan fingerprint density at radius 1 is 1.50 bits per heavy atom. The number of carbonyl (C=O) groups excluding carboxylic acids is 1. The van der Waals surface area contributed by atoms with Crippen LogP contribution in [-0.2, 0) is 4.79 Å². The molecule has 1 aliphatic heterocycles. The van der Waals surface area contributed by atoms with E-state index in [4.69, 9.17) is 0 Å². The molecule has 12 heavy (non-hydrogen) atoms. The zero-order valence-electron chi connectivity index (χ0n) is 7.96. The second kappa shape index (κ2) is 5.31. The van der Waals surface area contributed by atoms with Gasteiger partial charge >= 0.3 is 0 Å². The van der Waals surface area contributed by atoms with Crippen molar-refractivity contribution in [3.05, 3.63) is 0 Å². The normalized spacial score (nSPS) is 25.6. The number of unbranched alkanes of at least 4 members (excludes halogenated alkanes) is 1. The first kappa shape index (κ1) is 9.72. The molecule has 2 heteroatoms. The van der Waals surface area contributed by atoms with E-state index in [1.165, 1.54) is 25.7 Å². The molecule has 1 heterocycles. The van der Waals surface area contributed by atoms with Crippen LogP contribution in [0.25, 0.3) is 0 Å². The lowest BCUT2D eigenvalue weighted by atomic mass is 10.0. The number of rotatable bonds is 4. The Balaban J connectivity index is 2.31. The van der Waals surface area contributed by atoms with Crippen LogP contribution in [0.5, 0.6) is 0 Å². The topological polar surface area (TPSA) is 20.3 Å². The molecule has 1 rings (SSSR count). The van der Waals surface area contributed by atoms with Crippen LogP contribution in [0.3, 0.4) is 0 Å². The number of likely N-dealkylation sites (tertiary alicyclic amines) is 1. The van der Waals surface area contributed by atoms with Crippen molar-refractivity contribution >= 4 is 6.29 Å². The van der Waals surface area contributed by atoms with Crippen LogP contribution in [0.1, 0.15) is 39.0 Å². The Bertz CT molecular complexity index is 136. The maximum absolute atomic E-state index is 10.7. The van der Waals surface area contributed by atoms with E-state index in [1.807, 2.05) is 0 Å².